The van der Waals surface area contributed by atoms with Crippen LogP contribution in [0.15, 0.2) is 41.2 Å². The Bertz CT molecular complexity index is 558. The minimum Gasteiger partial charge on any atom is -0.490 e. The highest BCUT2D eigenvalue weighted by molar-refractivity contribution is 5.98. The Morgan fingerprint density at radius 3 is 2.50 bits per heavy atom. The second kappa shape index (κ2) is 6.80. The van der Waals surface area contributed by atoms with Gasteiger partial charge in [-0.25, -0.2) is 0 Å². The number of rotatable bonds is 7. The first-order valence-corrected chi connectivity index (χ1v) is 6.68. The maximum atomic E-state index is 12.2. The molecule has 0 bridgehead atoms. The van der Waals surface area contributed by atoms with Crippen LogP contribution in [-0.4, -0.2) is 19.0 Å². The Kier molecular flexibility index (Phi) is 4.82. The smallest absolute Gasteiger partial charge is 0.167 e. The molecule has 0 amide bonds. The number of Topliss-reactive ketones (excluding diaryl/α,β-unsaturated/α-hetero) is 1. The van der Waals surface area contributed by atoms with Crippen molar-refractivity contribution in [3.63, 3.8) is 0 Å². The number of carbonyl (C=O) groups is 1. The van der Waals surface area contributed by atoms with Crippen molar-refractivity contribution in [2.24, 2.45) is 0 Å². The van der Waals surface area contributed by atoms with Crippen molar-refractivity contribution in [1.29, 1.82) is 0 Å². The topological polar surface area (TPSA) is 48.7 Å². The first-order chi connectivity index (χ1) is 9.74. The Balaban J connectivity index is 2.19. The van der Waals surface area contributed by atoms with Gasteiger partial charge in [-0.1, -0.05) is 0 Å². The summed E-state index contributed by atoms with van der Waals surface area (Å²) >= 11 is 0. The third-order valence-corrected chi connectivity index (χ3v) is 2.81. The summed E-state index contributed by atoms with van der Waals surface area (Å²) in [5.74, 6) is 1.29. The summed E-state index contributed by atoms with van der Waals surface area (Å²) in [4.78, 5) is 12.2. The molecule has 0 saturated carbocycles. The lowest BCUT2D eigenvalue weighted by Gasteiger charge is -2.11. The van der Waals surface area contributed by atoms with E-state index in [1.54, 1.807) is 36.8 Å². The highest BCUT2D eigenvalue weighted by atomic mass is 16.5. The van der Waals surface area contributed by atoms with Crippen LogP contribution in [0.4, 0.5) is 0 Å². The molecule has 0 radical (unpaired) electrons. The fraction of sp³-hybridized carbons (Fsp3) is 0.312. The molecule has 20 heavy (non-hydrogen) atoms. The van der Waals surface area contributed by atoms with Crippen LogP contribution >= 0.6 is 0 Å². The van der Waals surface area contributed by atoms with Crippen LogP contribution in [0, 0.1) is 0 Å². The second-order valence-corrected chi connectivity index (χ2v) is 4.26. The minimum absolute atomic E-state index is 0.0235. The molecule has 0 unspecified atom stereocenters. The number of hydrogen-bond acceptors (Lipinski definition) is 4. The average Bonchev–Trinajstić information content (AvgIpc) is 2.94. The third kappa shape index (κ3) is 3.41. The number of ketones is 1. The zero-order valence-electron chi connectivity index (χ0n) is 11.7. The number of hydrogen-bond donors (Lipinski definition) is 0. The summed E-state index contributed by atoms with van der Waals surface area (Å²) in [6.45, 7) is 4.89. The molecule has 0 saturated heterocycles. The molecular weight excluding hydrogens is 256 g/mol. The summed E-state index contributed by atoms with van der Waals surface area (Å²) in [5, 5.41) is 0. The van der Waals surface area contributed by atoms with E-state index in [9.17, 15) is 4.79 Å². The first kappa shape index (κ1) is 14.2. The number of benzene rings is 1. The zero-order valence-corrected chi connectivity index (χ0v) is 11.7. The van der Waals surface area contributed by atoms with Crippen molar-refractivity contribution in [3.8, 4) is 11.5 Å². The fourth-order valence-corrected chi connectivity index (χ4v) is 1.91. The van der Waals surface area contributed by atoms with Gasteiger partial charge in [0.05, 0.1) is 25.7 Å². The second-order valence-electron chi connectivity index (χ2n) is 4.26. The molecule has 0 aliphatic rings. The van der Waals surface area contributed by atoms with Crippen LogP contribution in [0.1, 0.15) is 29.8 Å². The summed E-state index contributed by atoms with van der Waals surface area (Å²) < 4.78 is 16.0. The van der Waals surface area contributed by atoms with E-state index < -0.39 is 0 Å². The molecule has 106 valence electrons. The number of furan rings is 1. The van der Waals surface area contributed by atoms with Crippen LogP contribution < -0.4 is 9.47 Å². The van der Waals surface area contributed by atoms with E-state index in [-0.39, 0.29) is 5.78 Å². The van der Waals surface area contributed by atoms with Gasteiger partial charge < -0.3 is 13.9 Å². The molecule has 0 spiro atoms. The quantitative estimate of drug-likeness (QED) is 0.725. The molecule has 1 heterocycles. The van der Waals surface area contributed by atoms with Crippen LogP contribution in [0.5, 0.6) is 11.5 Å². The predicted octanol–water partition coefficient (Wildman–Crippen LogP) is 3.50. The van der Waals surface area contributed by atoms with Crippen molar-refractivity contribution in [2.45, 2.75) is 20.3 Å². The van der Waals surface area contributed by atoms with Crippen LogP contribution in [0.2, 0.25) is 0 Å². The minimum atomic E-state index is 0.0235. The fourth-order valence-electron chi connectivity index (χ4n) is 1.91. The number of carbonyl (C=O) groups excluding carboxylic acids is 1. The Morgan fingerprint density at radius 2 is 1.85 bits per heavy atom. The standard InChI is InChI=1S/C16H18O4/c1-3-19-15-6-5-13(10-16(15)20-4-2)14(17)9-12-7-8-18-11-12/h5-8,10-11H,3-4,9H2,1-2H3. The maximum Gasteiger partial charge on any atom is 0.167 e. The molecule has 0 atom stereocenters. The van der Waals surface area contributed by atoms with Crippen molar-refractivity contribution in [1.82, 2.24) is 0 Å². The molecule has 4 nitrogen and oxygen atoms in total. The lowest BCUT2D eigenvalue weighted by atomic mass is 10.0. The van der Waals surface area contributed by atoms with Crippen molar-refractivity contribution < 1.29 is 18.7 Å². The van der Waals surface area contributed by atoms with Gasteiger partial charge in [-0.05, 0) is 43.7 Å². The van der Waals surface area contributed by atoms with E-state index >= 15 is 0 Å². The van der Waals surface area contributed by atoms with Gasteiger partial charge in [0.15, 0.2) is 17.3 Å². The summed E-state index contributed by atoms with van der Waals surface area (Å²) in [5.41, 5.74) is 1.47. The van der Waals surface area contributed by atoms with Gasteiger partial charge in [0.2, 0.25) is 0 Å². The SMILES string of the molecule is CCOc1ccc(C(=O)Cc2ccoc2)cc1OCC. The van der Waals surface area contributed by atoms with E-state index in [0.29, 0.717) is 36.7 Å². The first-order valence-electron chi connectivity index (χ1n) is 6.68. The highest BCUT2D eigenvalue weighted by Gasteiger charge is 2.12. The molecule has 2 aromatic rings. The summed E-state index contributed by atoms with van der Waals surface area (Å²) in [7, 11) is 0. The van der Waals surface area contributed by atoms with Gasteiger partial charge >= 0.3 is 0 Å². The highest BCUT2D eigenvalue weighted by Crippen LogP contribution is 2.29. The molecule has 0 fully saturated rings. The van der Waals surface area contributed by atoms with Gasteiger partial charge in [0.25, 0.3) is 0 Å². The molecular formula is C16H18O4. The third-order valence-electron chi connectivity index (χ3n) is 2.81. The van der Waals surface area contributed by atoms with E-state index in [1.165, 1.54) is 0 Å². The summed E-state index contributed by atoms with van der Waals surface area (Å²) in [6, 6.07) is 7.06. The van der Waals surface area contributed by atoms with Crippen LogP contribution in [0.3, 0.4) is 0 Å². The lowest BCUT2D eigenvalue weighted by Crippen LogP contribution is -2.05. The molecule has 1 aromatic heterocycles. The van der Waals surface area contributed by atoms with Crippen molar-refractivity contribution >= 4 is 5.78 Å². The lowest BCUT2D eigenvalue weighted by molar-refractivity contribution is 0.0992. The Labute approximate surface area is 118 Å². The van der Waals surface area contributed by atoms with Crippen LogP contribution in [0.25, 0.3) is 0 Å². The largest absolute Gasteiger partial charge is 0.490 e. The van der Waals surface area contributed by atoms with Gasteiger partial charge in [-0.15, -0.1) is 0 Å². The molecule has 0 aliphatic heterocycles. The van der Waals surface area contributed by atoms with Crippen molar-refractivity contribution in [3.05, 3.63) is 47.9 Å². The van der Waals surface area contributed by atoms with Gasteiger partial charge in [-0.3, -0.25) is 4.79 Å². The van der Waals surface area contributed by atoms with Gasteiger partial charge in [0.1, 0.15) is 0 Å². The molecule has 0 N–H and O–H groups in total. The Morgan fingerprint density at radius 1 is 1.10 bits per heavy atom. The van der Waals surface area contributed by atoms with Crippen molar-refractivity contribution in [2.75, 3.05) is 13.2 Å². The van der Waals surface area contributed by atoms with Gasteiger partial charge in [-0.2, -0.15) is 0 Å². The van der Waals surface area contributed by atoms with E-state index in [2.05, 4.69) is 0 Å². The Hall–Kier alpha value is -2.23. The monoisotopic (exact) mass is 274 g/mol. The normalized spacial score (nSPS) is 10.3. The molecule has 4 heteroatoms. The van der Waals surface area contributed by atoms with E-state index in [0.717, 1.165) is 5.56 Å². The molecule has 0 aliphatic carbocycles. The molecule has 1 aromatic carbocycles. The van der Waals surface area contributed by atoms with E-state index in [1.807, 2.05) is 13.8 Å². The molecule has 2 rings (SSSR count). The zero-order chi connectivity index (χ0) is 14.4. The number of ether oxygens (including phenoxy) is 2. The maximum absolute atomic E-state index is 12.2. The summed E-state index contributed by atoms with van der Waals surface area (Å²) in [6.07, 6.45) is 3.46. The average molecular weight is 274 g/mol. The van der Waals surface area contributed by atoms with E-state index in [4.69, 9.17) is 13.9 Å². The van der Waals surface area contributed by atoms with Crippen LogP contribution in [-0.2, 0) is 6.42 Å². The van der Waals surface area contributed by atoms with Gasteiger partial charge in [0, 0.05) is 12.0 Å². The predicted molar refractivity (Wildman–Crippen MR) is 75.5 cm³/mol.